The summed E-state index contributed by atoms with van der Waals surface area (Å²) in [6, 6.07) is 7.56. The van der Waals surface area contributed by atoms with Gasteiger partial charge in [-0.15, -0.1) is 11.6 Å². The van der Waals surface area contributed by atoms with Crippen molar-refractivity contribution >= 4 is 11.6 Å². The summed E-state index contributed by atoms with van der Waals surface area (Å²) in [5, 5.41) is 0. The minimum Gasteiger partial charge on any atom is -0.295 e. The lowest BCUT2D eigenvalue weighted by Crippen LogP contribution is -2.27. The third-order valence-corrected chi connectivity index (χ3v) is 3.56. The van der Waals surface area contributed by atoms with Crippen LogP contribution in [0.25, 0.3) is 0 Å². The molecule has 0 spiro atoms. The number of nitrogens with zero attached hydrogens (tertiary/aromatic N) is 1. The van der Waals surface area contributed by atoms with E-state index in [1.807, 2.05) is 0 Å². The molecule has 1 fully saturated rings. The number of benzene rings is 1. The Morgan fingerprint density at radius 3 is 2.56 bits per heavy atom. The summed E-state index contributed by atoms with van der Waals surface area (Å²) >= 11 is 5.85. The van der Waals surface area contributed by atoms with Crippen LogP contribution in [0.3, 0.4) is 0 Å². The maximum atomic E-state index is 5.85. The van der Waals surface area contributed by atoms with Crippen LogP contribution in [0.1, 0.15) is 29.5 Å². The van der Waals surface area contributed by atoms with Crippen molar-refractivity contribution in [2.45, 2.75) is 39.3 Å². The first-order chi connectivity index (χ1) is 7.70. The molecule has 88 valence electrons. The highest BCUT2D eigenvalue weighted by molar-refractivity contribution is 6.18. The molecule has 0 saturated heterocycles. The van der Waals surface area contributed by atoms with E-state index >= 15 is 0 Å². The van der Waals surface area contributed by atoms with E-state index in [0.29, 0.717) is 0 Å². The number of rotatable bonds is 5. The van der Waals surface area contributed by atoms with Crippen LogP contribution in [-0.4, -0.2) is 23.4 Å². The van der Waals surface area contributed by atoms with Crippen LogP contribution in [-0.2, 0) is 6.54 Å². The van der Waals surface area contributed by atoms with E-state index in [1.54, 1.807) is 0 Å². The topological polar surface area (TPSA) is 3.24 Å². The molecule has 0 amide bonds. The van der Waals surface area contributed by atoms with Gasteiger partial charge >= 0.3 is 0 Å². The predicted octanol–water partition coefficient (Wildman–Crippen LogP) is 3.51. The molecule has 1 saturated carbocycles. The standard InChI is InChI=1S/C14H20ClN/c1-11-3-4-13(9-12(11)2)10-16(8-7-15)14-5-6-14/h3-4,9,14H,5-8,10H2,1-2H3. The Bertz CT molecular complexity index is 358. The summed E-state index contributed by atoms with van der Waals surface area (Å²) in [5.41, 5.74) is 4.18. The van der Waals surface area contributed by atoms with Crippen LogP contribution in [0.5, 0.6) is 0 Å². The van der Waals surface area contributed by atoms with E-state index in [-0.39, 0.29) is 0 Å². The number of halogens is 1. The SMILES string of the molecule is Cc1ccc(CN(CCCl)C2CC2)cc1C. The Morgan fingerprint density at radius 2 is 2.00 bits per heavy atom. The molecule has 1 aliphatic rings. The summed E-state index contributed by atoms with van der Waals surface area (Å²) in [6.07, 6.45) is 2.70. The van der Waals surface area contributed by atoms with Crippen molar-refractivity contribution in [3.8, 4) is 0 Å². The van der Waals surface area contributed by atoms with Crippen LogP contribution in [0.4, 0.5) is 0 Å². The van der Waals surface area contributed by atoms with Gasteiger partial charge in [0.25, 0.3) is 0 Å². The molecule has 2 heteroatoms. The highest BCUT2D eigenvalue weighted by Crippen LogP contribution is 2.28. The van der Waals surface area contributed by atoms with Crippen molar-refractivity contribution in [1.29, 1.82) is 0 Å². The van der Waals surface area contributed by atoms with E-state index in [9.17, 15) is 0 Å². The van der Waals surface area contributed by atoms with Gasteiger partial charge in [-0.3, -0.25) is 4.90 Å². The van der Waals surface area contributed by atoms with Crippen molar-refractivity contribution in [1.82, 2.24) is 4.90 Å². The van der Waals surface area contributed by atoms with E-state index in [2.05, 4.69) is 36.9 Å². The first kappa shape index (κ1) is 11.9. The zero-order valence-corrected chi connectivity index (χ0v) is 10.9. The fourth-order valence-corrected chi connectivity index (χ4v) is 2.29. The molecule has 1 aliphatic carbocycles. The van der Waals surface area contributed by atoms with Crippen LogP contribution < -0.4 is 0 Å². The normalized spacial score (nSPS) is 15.8. The van der Waals surface area contributed by atoms with Crippen LogP contribution in [0, 0.1) is 13.8 Å². The predicted molar refractivity (Wildman–Crippen MR) is 70.1 cm³/mol. The summed E-state index contributed by atoms with van der Waals surface area (Å²) in [4.78, 5) is 2.51. The van der Waals surface area contributed by atoms with Crippen molar-refractivity contribution < 1.29 is 0 Å². The van der Waals surface area contributed by atoms with E-state index < -0.39 is 0 Å². The van der Waals surface area contributed by atoms with Gasteiger partial charge in [0.05, 0.1) is 0 Å². The van der Waals surface area contributed by atoms with Crippen molar-refractivity contribution in [2.75, 3.05) is 12.4 Å². The van der Waals surface area contributed by atoms with Gasteiger partial charge < -0.3 is 0 Å². The molecule has 1 nitrogen and oxygen atoms in total. The summed E-state index contributed by atoms with van der Waals surface area (Å²) in [7, 11) is 0. The van der Waals surface area contributed by atoms with Crippen LogP contribution in [0.15, 0.2) is 18.2 Å². The molecule has 0 aromatic heterocycles. The van der Waals surface area contributed by atoms with Gasteiger partial charge in [0.15, 0.2) is 0 Å². The molecule has 0 radical (unpaired) electrons. The van der Waals surface area contributed by atoms with Gasteiger partial charge in [-0.25, -0.2) is 0 Å². The molecule has 0 N–H and O–H groups in total. The number of hydrogen-bond acceptors (Lipinski definition) is 1. The number of alkyl halides is 1. The highest BCUT2D eigenvalue weighted by atomic mass is 35.5. The molecule has 0 bridgehead atoms. The molecule has 0 unspecified atom stereocenters. The quantitative estimate of drug-likeness (QED) is 0.709. The van der Waals surface area contributed by atoms with E-state index in [1.165, 1.54) is 29.5 Å². The number of hydrogen-bond donors (Lipinski definition) is 0. The molecule has 0 atom stereocenters. The lowest BCUT2D eigenvalue weighted by molar-refractivity contribution is 0.271. The molecule has 0 aliphatic heterocycles. The molecular weight excluding hydrogens is 218 g/mol. The first-order valence-corrected chi connectivity index (χ1v) is 6.60. The molecule has 1 aromatic rings. The van der Waals surface area contributed by atoms with Gasteiger partial charge in [0.2, 0.25) is 0 Å². The lowest BCUT2D eigenvalue weighted by atomic mass is 10.1. The van der Waals surface area contributed by atoms with Crippen molar-refractivity contribution in [2.24, 2.45) is 0 Å². The monoisotopic (exact) mass is 237 g/mol. The smallest absolute Gasteiger partial charge is 0.0351 e. The molecule has 0 heterocycles. The highest BCUT2D eigenvalue weighted by Gasteiger charge is 2.28. The Kier molecular flexibility index (Phi) is 3.88. The second-order valence-electron chi connectivity index (χ2n) is 4.81. The van der Waals surface area contributed by atoms with Gasteiger partial charge in [-0.05, 0) is 43.4 Å². The van der Waals surface area contributed by atoms with Crippen molar-refractivity contribution in [3.63, 3.8) is 0 Å². The van der Waals surface area contributed by atoms with Gasteiger partial charge in [-0.2, -0.15) is 0 Å². The zero-order valence-electron chi connectivity index (χ0n) is 10.2. The van der Waals surface area contributed by atoms with E-state index in [0.717, 1.165) is 25.0 Å². The van der Waals surface area contributed by atoms with Gasteiger partial charge in [0, 0.05) is 25.0 Å². The molecule has 16 heavy (non-hydrogen) atoms. The Labute approximate surface area is 103 Å². The van der Waals surface area contributed by atoms with E-state index in [4.69, 9.17) is 11.6 Å². The maximum absolute atomic E-state index is 5.85. The van der Waals surface area contributed by atoms with Crippen LogP contribution >= 0.6 is 11.6 Å². The Hall–Kier alpha value is -0.530. The molecule has 2 rings (SSSR count). The maximum Gasteiger partial charge on any atom is 0.0351 e. The second-order valence-corrected chi connectivity index (χ2v) is 5.19. The first-order valence-electron chi connectivity index (χ1n) is 6.07. The second kappa shape index (κ2) is 5.20. The van der Waals surface area contributed by atoms with Gasteiger partial charge in [0.1, 0.15) is 0 Å². The minimum atomic E-state index is 0.737. The summed E-state index contributed by atoms with van der Waals surface area (Å²) in [5.74, 6) is 0.737. The minimum absolute atomic E-state index is 0.737. The zero-order chi connectivity index (χ0) is 11.5. The largest absolute Gasteiger partial charge is 0.295 e. The average Bonchev–Trinajstić information content (AvgIpc) is 3.06. The van der Waals surface area contributed by atoms with Gasteiger partial charge in [-0.1, -0.05) is 18.2 Å². The molecular formula is C14H20ClN. The third-order valence-electron chi connectivity index (χ3n) is 3.39. The third kappa shape index (κ3) is 2.99. The fourth-order valence-electron chi connectivity index (χ4n) is 2.08. The Morgan fingerprint density at radius 1 is 1.25 bits per heavy atom. The molecule has 1 aromatic carbocycles. The lowest BCUT2D eigenvalue weighted by Gasteiger charge is -2.21. The average molecular weight is 238 g/mol. The number of aryl methyl sites for hydroxylation is 2. The fraction of sp³-hybridized carbons (Fsp3) is 0.571. The van der Waals surface area contributed by atoms with Crippen molar-refractivity contribution in [3.05, 3.63) is 34.9 Å². The summed E-state index contributed by atoms with van der Waals surface area (Å²) in [6.45, 7) is 6.41. The Balaban J connectivity index is 2.03. The van der Waals surface area contributed by atoms with Crippen LogP contribution in [0.2, 0.25) is 0 Å². The summed E-state index contributed by atoms with van der Waals surface area (Å²) < 4.78 is 0.